The molecule has 0 spiro atoms. The molecule has 0 unspecified atom stereocenters. The highest BCUT2D eigenvalue weighted by Gasteiger charge is 2.40. The van der Waals surface area contributed by atoms with Gasteiger partial charge >= 0.3 is 11.8 Å². The summed E-state index contributed by atoms with van der Waals surface area (Å²) in [5, 5.41) is 10.4. The molecule has 0 aromatic heterocycles. The quantitative estimate of drug-likeness (QED) is 0.477. The summed E-state index contributed by atoms with van der Waals surface area (Å²) >= 11 is 0. The van der Waals surface area contributed by atoms with Gasteiger partial charge in [0.1, 0.15) is 5.78 Å². The molecule has 2 heterocycles. The fourth-order valence-electron chi connectivity index (χ4n) is 3.94. The summed E-state index contributed by atoms with van der Waals surface area (Å²) in [6, 6.07) is 0.575. The van der Waals surface area contributed by atoms with Crippen LogP contribution in [0, 0.1) is 23.4 Å². The maximum Gasteiger partial charge on any atom is 0.312 e. The number of benzene rings is 1. The molecule has 3 rings (SSSR count). The van der Waals surface area contributed by atoms with E-state index in [-0.39, 0.29) is 51.3 Å². The van der Waals surface area contributed by atoms with Crippen molar-refractivity contribution in [2.24, 2.45) is 16.1 Å². The number of carbonyl (C=O) groups is 3. The van der Waals surface area contributed by atoms with E-state index in [9.17, 15) is 27.6 Å². The van der Waals surface area contributed by atoms with Crippen LogP contribution in [0.25, 0.3) is 0 Å². The van der Waals surface area contributed by atoms with Gasteiger partial charge in [0.2, 0.25) is 0 Å². The Hall–Kier alpha value is -2.34. The molecule has 7 nitrogen and oxygen atoms in total. The van der Waals surface area contributed by atoms with Crippen LogP contribution in [0.4, 0.5) is 13.2 Å². The predicted molar refractivity (Wildman–Crippen MR) is 125 cm³/mol. The van der Waals surface area contributed by atoms with E-state index in [0.717, 1.165) is 12.1 Å². The predicted octanol–water partition coefficient (Wildman–Crippen LogP) is 2.92. The van der Waals surface area contributed by atoms with E-state index >= 15 is 0 Å². The zero-order valence-electron chi connectivity index (χ0n) is 18.2. The second-order valence-corrected chi connectivity index (χ2v) is 7.64. The van der Waals surface area contributed by atoms with Gasteiger partial charge in [0.05, 0.1) is 18.3 Å². The van der Waals surface area contributed by atoms with Crippen molar-refractivity contribution in [1.29, 1.82) is 0 Å². The van der Waals surface area contributed by atoms with E-state index < -0.39 is 47.3 Å². The first-order valence-corrected chi connectivity index (χ1v) is 10.1. The highest BCUT2D eigenvalue weighted by molar-refractivity contribution is 7.59. The fraction of sp³-hybridized carbons (Fsp3) is 0.476. The van der Waals surface area contributed by atoms with Gasteiger partial charge in [-0.3, -0.25) is 14.4 Å². The number of nitrogens with one attached hydrogen (secondary N) is 1. The van der Waals surface area contributed by atoms with E-state index in [0.29, 0.717) is 25.1 Å². The van der Waals surface area contributed by atoms with Crippen molar-refractivity contribution in [3.8, 4) is 0 Å². The number of halogens is 3. The molecule has 1 saturated heterocycles. The number of nitrogens with zero attached hydrogens (tertiary/aromatic N) is 3. The Morgan fingerprint density at radius 1 is 1.18 bits per heavy atom. The lowest BCUT2D eigenvalue weighted by molar-refractivity contribution is -0.147. The molecule has 1 fully saturated rings. The molecule has 1 aromatic rings. The molecule has 0 radical (unpaired) electrons. The number of rotatable bonds is 6. The zero-order chi connectivity index (χ0) is 22.7. The van der Waals surface area contributed by atoms with Gasteiger partial charge in [-0.15, -0.1) is 0 Å². The molecular weight excluding hydrogens is 477 g/mol. The minimum Gasteiger partial charge on any atom is -0.339 e. The summed E-state index contributed by atoms with van der Waals surface area (Å²) in [6.45, 7) is 4.13. The number of hydrogen-bond donors (Lipinski definition) is 1. The van der Waals surface area contributed by atoms with Crippen molar-refractivity contribution in [3.05, 3.63) is 46.9 Å². The summed E-state index contributed by atoms with van der Waals surface area (Å²) in [6.07, 6.45) is 2.33. The lowest BCUT2D eigenvalue weighted by Gasteiger charge is -2.25. The standard InChI is InChI=1S/C21H23F3N4O3.2H2S/c1-3-16(17-4-6-25-27-17)26-20(30)21(31)28-7-5-13(11(28)2)18(29)10-12-8-14(22)19(24)15(23)9-12;;/h4,8-9,11,13,16H,3,5-7,10H2,1-2H3,(H,26,30);2*1H2/t11-,13-,16-;;/m0../s1. The first-order valence-electron chi connectivity index (χ1n) is 10.1. The molecule has 33 heavy (non-hydrogen) atoms. The van der Waals surface area contributed by atoms with Crippen LogP contribution in [0.2, 0.25) is 0 Å². The minimum absolute atomic E-state index is 0. The topological polar surface area (TPSA) is 91.2 Å². The third-order valence-corrected chi connectivity index (χ3v) is 5.68. The number of carbonyl (C=O) groups excluding carboxylic acids is 3. The number of likely N-dealkylation sites (tertiary alicyclic amines) is 1. The van der Waals surface area contributed by atoms with Gasteiger partial charge < -0.3 is 10.2 Å². The third-order valence-electron chi connectivity index (χ3n) is 5.68. The van der Waals surface area contributed by atoms with E-state index in [1.807, 2.05) is 6.92 Å². The molecule has 0 aliphatic carbocycles. The largest absolute Gasteiger partial charge is 0.339 e. The normalized spacial score (nSPS) is 19.9. The Morgan fingerprint density at radius 2 is 1.82 bits per heavy atom. The average molecular weight is 505 g/mol. The maximum atomic E-state index is 13.4. The Kier molecular flexibility index (Phi) is 10.6. The molecule has 0 saturated carbocycles. The second-order valence-electron chi connectivity index (χ2n) is 7.64. The molecule has 2 aliphatic rings. The van der Waals surface area contributed by atoms with E-state index in [1.165, 1.54) is 4.90 Å². The smallest absolute Gasteiger partial charge is 0.312 e. The maximum absolute atomic E-state index is 13.4. The molecule has 1 aromatic carbocycles. The van der Waals surface area contributed by atoms with Crippen LogP contribution in [0.1, 0.15) is 32.3 Å². The SMILES string of the molecule is CC[C@H](NC(=O)C(=O)N1CC[C@H](C(=O)Cc2cc(F)c(F)c(F)c2)[C@@H]1C)C1=CCN=N1.S.S. The van der Waals surface area contributed by atoms with Gasteiger partial charge in [0.15, 0.2) is 17.5 Å². The molecule has 2 aliphatic heterocycles. The first-order chi connectivity index (χ1) is 14.7. The molecule has 1 N–H and O–H groups in total. The van der Waals surface area contributed by atoms with Crippen molar-refractivity contribution >= 4 is 44.6 Å². The van der Waals surface area contributed by atoms with Gasteiger partial charge in [-0.1, -0.05) is 6.92 Å². The van der Waals surface area contributed by atoms with E-state index in [1.54, 1.807) is 13.0 Å². The van der Waals surface area contributed by atoms with Crippen LogP contribution >= 0.6 is 27.0 Å². The third kappa shape index (κ3) is 6.38. The van der Waals surface area contributed by atoms with Gasteiger partial charge in [0, 0.05) is 24.9 Å². The van der Waals surface area contributed by atoms with Crippen LogP contribution in [-0.4, -0.2) is 47.7 Å². The van der Waals surface area contributed by atoms with E-state index in [4.69, 9.17) is 0 Å². The Morgan fingerprint density at radius 3 is 2.36 bits per heavy atom. The van der Waals surface area contributed by atoms with Gasteiger partial charge in [-0.25, -0.2) is 13.2 Å². The number of amides is 2. The van der Waals surface area contributed by atoms with Crippen molar-refractivity contribution in [2.45, 2.75) is 45.2 Å². The molecular formula is C21H27F3N4O3S2. The number of hydrogen-bond acceptors (Lipinski definition) is 5. The van der Waals surface area contributed by atoms with Gasteiger partial charge in [-0.05, 0) is 43.5 Å². The monoisotopic (exact) mass is 504 g/mol. The summed E-state index contributed by atoms with van der Waals surface area (Å²) in [4.78, 5) is 39.1. The van der Waals surface area contributed by atoms with Crippen molar-refractivity contribution < 1.29 is 27.6 Å². The summed E-state index contributed by atoms with van der Waals surface area (Å²) in [5.74, 6) is -6.80. The molecule has 0 bridgehead atoms. The Labute approximate surface area is 203 Å². The van der Waals surface area contributed by atoms with Crippen LogP contribution in [0.15, 0.2) is 34.1 Å². The van der Waals surface area contributed by atoms with Crippen molar-refractivity contribution in [2.75, 3.05) is 13.1 Å². The molecule has 3 atom stereocenters. The Balaban J connectivity index is 0.00000272. The number of azo groups is 1. The summed E-state index contributed by atoms with van der Waals surface area (Å²) in [5.41, 5.74) is 0.617. The lowest BCUT2D eigenvalue weighted by atomic mass is 9.92. The molecule has 182 valence electrons. The van der Waals surface area contributed by atoms with Gasteiger partial charge in [-0.2, -0.15) is 37.2 Å². The first kappa shape index (κ1) is 28.7. The van der Waals surface area contributed by atoms with Crippen LogP contribution in [0.3, 0.4) is 0 Å². The van der Waals surface area contributed by atoms with E-state index in [2.05, 4.69) is 15.5 Å². The van der Waals surface area contributed by atoms with Crippen LogP contribution in [-0.2, 0) is 20.8 Å². The van der Waals surface area contributed by atoms with Crippen molar-refractivity contribution in [1.82, 2.24) is 10.2 Å². The molecule has 2 amide bonds. The minimum atomic E-state index is -1.59. The second kappa shape index (κ2) is 12.2. The van der Waals surface area contributed by atoms with Crippen molar-refractivity contribution in [3.63, 3.8) is 0 Å². The number of ketones is 1. The van der Waals surface area contributed by atoms with Crippen LogP contribution in [0.5, 0.6) is 0 Å². The molecule has 12 heteroatoms. The fourth-order valence-corrected chi connectivity index (χ4v) is 3.94. The van der Waals surface area contributed by atoms with Crippen LogP contribution < -0.4 is 5.32 Å². The highest BCUT2D eigenvalue weighted by Crippen LogP contribution is 2.27. The summed E-state index contributed by atoms with van der Waals surface area (Å²) in [7, 11) is 0. The van der Waals surface area contributed by atoms with Gasteiger partial charge in [0.25, 0.3) is 0 Å². The number of Topliss-reactive ketones (excluding diaryl/α,β-unsaturated/α-hetero) is 1. The highest BCUT2D eigenvalue weighted by atomic mass is 32.1. The average Bonchev–Trinajstić information content (AvgIpc) is 3.39. The summed E-state index contributed by atoms with van der Waals surface area (Å²) < 4.78 is 39.9. The lowest BCUT2D eigenvalue weighted by Crippen LogP contribution is -2.48. The Bertz CT molecular complexity index is 951. The zero-order valence-corrected chi connectivity index (χ0v) is 20.2.